The molecule has 1 atom stereocenters. The number of halogens is 1. The summed E-state index contributed by atoms with van der Waals surface area (Å²) in [5.74, 6) is -0.821. The minimum absolute atomic E-state index is 0.0393. The lowest BCUT2D eigenvalue weighted by atomic mass is 10.1. The molecule has 1 aromatic carbocycles. The fraction of sp³-hybridized carbons (Fsp3) is 0.385. The SMILES string of the molecule is O=C(C[C@@H]1CCS(=O)(=O)C1)NNC(=S)Nc1ccccc1F. The molecule has 120 valence electrons. The molecule has 0 spiro atoms. The van der Waals surface area contributed by atoms with Crippen LogP contribution < -0.4 is 16.2 Å². The number of hydrogen-bond donors (Lipinski definition) is 3. The van der Waals surface area contributed by atoms with Gasteiger partial charge in [0, 0.05) is 6.42 Å². The van der Waals surface area contributed by atoms with Crippen molar-refractivity contribution in [1.82, 2.24) is 10.9 Å². The first-order valence-electron chi connectivity index (χ1n) is 6.66. The van der Waals surface area contributed by atoms with Gasteiger partial charge in [-0.1, -0.05) is 12.1 Å². The minimum atomic E-state index is -3.00. The number of sulfone groups is 1. The van der Waals surface area contributed by atoms with E-state index in [-0.39, 0.29) is 40.6 Å². The number of nitrogens with one attached hydrogen (secondary N) is 3. The second-order valence-electron chi connectivity index (χ2n) is 5.08. The Bertz CT molecular complexity index is 679. The largest absolute Gasteiger partial charge is 0.329 e. The number of hydrogen-bond acceptors (Lipinski definition) is 4. The molecule has 0 aromatic heterocycles. The summed E-state index contributed by atoms with van der Waals surface area (Å²) in [6.07, 6.45) is 0.599. The molecule has 1 amide bonds. The van der Waals surface area contributed by atoms with Crippen LogP contribution in [-0.4, -0.2) is 30.9 Å². The third-order valence-corrected chi connectivity index (χ3v) is 5.28. The molecule has 0 bridgehead atoms. The Morgan fingerprint density at radius 3 is 2.68 bits per heavy atom. The molecule has 3 N–H and O–H groups in total. The molecule has 22 heavy (non-hydrogen) atoms. The molecule has 0 saturated carbocycles. The molecule has 2 rings (SSSR count). The molecule has 0 unspecified atom stereocenters. The van der Waals surface area contributed by atoms with E-state index in [0.29, 0.717) is 6.42 Å². The van der Waals surface area contributed by atoms with Gasteiger partial charge < -0.3 is 5.32 Å². The quantitative estimate of drug-likeness (QED) is 0.559. The van der Waals surface area contributed by atoms with Crippen molar-refractivity contribution in [3.05, 3.63) is 30.1 Å². The Morgan fingerprint density at radius 1 is 1.32 bits per heavy atom. The Kier molecular flexibility index (Phi) is 5.30. The smallest absolute Gasteiger partial charge is 0.238 e. The van der Waals surface area contributed by atoms with Gasteiger partial charge in [0.1, 0.15) is 5.82 Å². The molecule has 9 heteroatoms. The van der Waals surface area contributed by atoms with E-state index >= 15 is 0 Å². The summed E-state index contributed by atoms with van der Waals surface area (Å²) in [7, 11) is -3.00. The average molecular weight is 345 g/mol. The van der Waals surface area contributed by atoms with Gasteiger partial charge in [-0.2, -0.15) is 0 Å². The van der Waals surface area contributed by atoms with E-state index in [9.17, 15) is 17.6 Å². The van der Waals surface area contributed by atoms with Gasteiger partial charge in [0.25, 0.3) is 0 Å². The van der Waals surface area contributed by atoms with Crippen molar-refractivity contribution in [2.45, 2.75) is 12.8 Å². The van der Waals surface area contributed by atoms with Gasteiger partial charge in [-0.05, 0) is 36.7 Å². The molecule has 1 aromatic rings. The van der Waals surface area contributed by atoms with Crippen LogP contribution in [0.4, 0.5) is 10.1 Å². The van der Waals surface area contributed by atoms with E-state index in [1.807, 2.05) is 0 Å². The maximum absolute atomic E-state index is 13.4. The van der Waals surface area contributed by atoms with Crippen LogP contribution in [0.1, 0.15) is 12.8 Å². The van der Waals surface area contributed by atoms with Crippen molar-refractivity contribution in [1.29, 1.82) is 0 Å². The van der Waals surface area contributed by atoms with Crippen molar-refractivity contribution in [3.63, 3.8) is 0 Å². The third kappa shape index (κ3) is 4.92. The lowest BCUT2D eigenvalue weighted by Crippen LogP contribution is -2.44. The molecule has 1 fully saturated rings. The Morgan fingerprint density at radius 2 is 2.05 bits per heavy atom. The number of rotatable bonds is 3. The summed E-state index contributed by atoms with van der Waals surface area (Å²) in [5, 5.41) is 2.65. The zero-order valence-electron chi connectivity index (χ0n) is 11.6. The number of anilines is 1. The van der Waals surface area contributed by atoms with Crippen LogP contribution in [0.5, 0.6) is 0 Å². The standard InChI is InChI=1S/C13H16FN3O3S2/c14-10-3-1-2-4-11(10)15-13(21)17-16-12(18)7-9-5-6-22(19,20)8-9/h1-4,9H,5-8H2,(H,16,18)(H2,15,17,21)/t9-/m0/s1. The van der Waals surface area contributed by atoms with Crippen molar-refractivity contribution >= 4 is 38.8 Å². The number of para-hydroxylation sites is 1. The molecular weight excluding hydrogens is 329 g/mol. The number of carbonyl (C=O) groups is 1. The molecule has 1 aliphatic rings. The molecule has 6 nitrogen and oxygen atoms in total. The number of thiocarbonyl (C=S) groups is 1. The summed E-state index contributed by atoms with van der Waals surface area (Å²) in [5.41, 5.74) is 5.01. The first-order chi connectivity index (χ1) is 10.4. The van der Waals surface area contributed by atoms with Crippen LogP contribution in [0.15, 0.2) is 24.3 Å². The van der Waals surface area contributed by atoms with Crippen molar-refractivity contribution < 1.29 is 17.6 Å². The molecule has 1 saturated heterocycles. The van der Waals surface area contributed by atoms with Crippen molar-refractivity contribution in [2.24, 2.45) is 5.92 Å². The van der Waals surface area contributed by atoms with Crippen LogP contribution in [-0.2, 0) is 14.6 Å². The highest BCUT2D eigenvalue weighted by Gasteiger charge is 2.29. The van der Waals surface area contributed by atoms with Gasteiger partial charge in [0.2, 0.25) is 5.91 Å². The molecule has 1 aliphatic heterocycles. The highest BCUT2D eigenvalue weighted by Crippen LogP contribution is 2.21. The number of hydrazine groups is 1. The van der Waals surface area contributed by atoms with E-state index in [2.05, 4.69) is 16.2 Å². The molecule has 1 heterocycles. The monoisotopic (exact) mass is 345 g/mol. The fourth-order valence-electron chi connectivity index (χ4n) is 2.19. The zero-order valence-corrected chi connectivity index (χ0v) is 13.3. The maximum atomic E-state index is 13.4. The van der Waals surface area contributed by atoms with Crippen LogP contribution in [0.3, 0.4) is 0 Å². The summed E-state index contributed by atoms with van der Waals surface area (Å²) >= 11 is 4.93. The molecule has 0 aliphatic carbocycles. The maximum Gasteiger partial charge on any atom is 0.238 e. The summed E-state index contributed by atoms with van der Waals surface area (Å²) in [6, 6.07) is 5.99. The van der Waals surface area contributed by atoms with Crippen molar-refractivity contribution in [3.8, 4) is 0 Å². The minimum Gasteiger partial charge on any atom is -0.329 e. The van der Waals surface area contributed by atoms with Gasteiger partial charge in [0.05, 0.1) is 17.2 Å². The zero-order chi connectivity index (χ0) is 16.2. The van der Waals surface area contributed by atoms with E-state index in [4.69, 9.17) is 12.2 Å². The number of benzene rings is 1. The van der Waals surface area contributed by atoms with E-state index in [1.165, 1.54) is 12.1 Å². The van der Waals surface area contributed by atoms with E-state index < -0.39 is 15.7 Å². The second-order valence-corrected chi connectivity index (χ2v) is 7.72. The van der Waals surface area contributed by atoms with E-state index in [1.54, 1.807) is 12.1 Å². The normalized spacial score (nSPS) is 19.4. The van der Waals surface area contributed by atoms with Crippen LogP contribution in [0.2, 0.25) is 0 Å². The Labute approximate surface area is 133 Å². The molecule has 0 radical (unpaired) electrons. The van der Waals surface area contributed by atoms with E-state index in [0.717, 1.165) is 0 Å². The molecular formula is C13H16FN3O3S2. The Hall–Kier alpha value is -1.74. The summed E-state index contributed by atoms with van der Waals surface area (Å²) < 4.78 is 36.0. The van der Waals surface area contributed by atoms with Crippen LogP contribution >= 0.6 is 12.2 Å². The summed E-state index contributed by atoms with van der Waals surface area (Å²) in [6.45, 7) is 0. The highest BCUT2D eigenvalue weighted by molar-refractivity contribution is 7.91. The first kappa shape index (κ1) is 16.6. The van der Waals surface area contributed by atoms with Gasteiger partial charge in [0.15, 0.2) is 14.9 Å². The average Bonchev–Trinajstić information content (AvgIpc) is 2.78. The van der Waals surface area contributed by atoms with Crippen LogP contribution in [0, 0.1) is 11.7 Å². The van der Waals surface area contributed by atoms with Gasteiger partial charge in [-0.15, -0.1) is 0 Å². The topological polar surface area (TPSA) is 87.3 Å². The summed E-state index contributed by atoms with van der Waals surface area (Å²) in [4.78, 5) is 11.7. The van der Waals surface area contributed by atoms with Crippen LogP contribution in [0.25, 0.3) is 0 Å². The third-order valence-electron chi connectivity index (χ3n) is 3.24. The van der Waals surface area contributed by atoms with Gasteiger partial charge >= 0.3 is 0 Å². The predicted molar refractivity (Wildman–Crippen MR) is 85.3 cm³/mol. The van der Waals surface area contributed by atoms with Gasteiger partial charge in [-0.25, -0.2) is 12.8 Å². The van der Waals surface area contributed by atoms with Gasteiger partial charge in [-0.3, -0.25) is 15.6 Å². The Balaban J connectivity index is 1.74. The lowest BCUT2D eigenvalue weighted by molar-refractivity contribution is -0.122. The predicted octanol–water partition coefficient (Wildman–Crippen LogP) is 0.968. The number of carbonyl (C=O) groups excluding carboxylic acids is 1. The second kappa shape index (κ2) is 7.01. The number of amides is 1. The lowest BCUT2D eigenvalue weighted by Gasteiger charge is -2.13. The highest BCUT2D eigenvalue weighted by atomic mass is 32.2. The van der Waals surface area contributed by atoms with Crippen molar-refractivity contribution in [2.75, 3.05) is 16.8 Å². The first-order valence-corrected chi connectivity index (χ1v) is 8.89. The fourth-order valence-corrected chi connectivity index (χ4v) is 4.21.